The van der Waals surface area contributed by atoms with E-state index in [-0.39, 0.29) is 24.0 Å². The molecule has 0 aliphatic rings. The van der Waals surface area contributed by atoms with Gasteiger partial charge in [-0.2, -0.15) is 0 Å². The molecule has 0 unspecified atom stereocenters. The molecule has 0 aliphatic heterocycles. The zero-order valence-electron chi connectivity index (χ0n) is 11.3. The van der Waals surface area contributed by atoms with Crippen molar-refractivity contribution in [1.29, 1.82) is 0 Å². The lowest BCUT2D eigenvalue weighted by atomic mass is 10.2. The van der Waals surface area contributed by atoms with Gasteiger partial charge in [0.2, 0.25) is 5.91 Å². The van der Waals surface area contributed by atoms with Crippen LogP contribution in [-0.4, -0.2) is 19.6 Å². The lowest BCUT2D eigenvalue weighted by Crippen LogP contribution is -2.22. The number of ether oxygens (including phenoxy) is 1. The van der Waals surface area contributed by atoms with Crippen LogP contribution in [0.3, 0.4) is 0 Å². The Kier molecular flexibility index (Phi) is 4.71. The maximum atomic E-state index is 13.5. The summed E-state index contributed by atoms with van der Waals surface area (Å²) in [4.78, 5) is 11.7. The molecule has 0 atom stereocenters. The number of amides is 1. The van der Waals surface area contributed by atoms with Crippen LogP contribution in [0.4, 0.5) is 20.2 Å². The van der Waals surface area contributed by atoms with Gasteiger partial charge in [0.1, 0.15) is 17.4 Å². The van der Waals surface area contributed by atoms with E-state index < -0.39 is 5.82 Å². The summed E-state index contributed by atoms with van der Waals surface area (Å²) in [7, 11) is 1.47. The molecule has 1 amide bonds. The van der Waals surface area contributed by atoms with Gasteiger partial charge in [0.25, 0.3) is 0 Å². The van der Waals surface area contributed by atoms with Crippen molar-refractivity contribution < 1.29 is 18.3 Å². The van der Waals surface area contributed by atoms with Gasteiger partial charge >= 0.3 is 0 Å². The van der Waals surface area contributed by atoms with Gasteiger partial charge < -0.3 is 15.4 Å². The fourth-order valence-electron chi connectivity index (χ4n) is 1.68. The fraction of sp³-hybridized carbons (Fsp3) is 0.133. The van der Waals surface area contributed by atoms with Gasteiger partial charge in [0.05, 0.1) is 19.3 Å². The Morgan fingerprint density at radius 2 is 1.86 bits per heavy atom. The molecular weight excluding hydrogens is 278 g/mol. The predicted octanol–water partition coefficient (Wildman–Crippen LogP) is 3.02. The van der Waals surface area contributed by atoms with Crippen LogP contribution in [0, 0.1) is 11.6 Å². The molecule has 0 saturated heterocycles. The summed E-state index contributed by atoms with van der Waals surface area (Å²) >= 11 is 0. The molecule has 2 aromatic carbocycles. The van der Waals surface area contributed by atoms with Crippen molar-refractivity contribution >= 4 is 17.3 Å². The van der Waals surface area contributed by atoms with E-state index in [1.807, 2.05) is 0 Å². The topological polar surface area (TPSA) is 50.4 Å². The zero-order chi connectivity index (χ0) is 15.2. The smallest absolute Gasteiger partial charge is 0.243 e. The van der Waals surface area contributed by atoms with Crippen LogP contribution < -0.4 is 15.4 Å². The number of carbonyl (C=O) groups excluding carboxylic acids is 1. The van der Waals surface area contributed by atoms with Gasteiger partial charge in [-0.05, 0) is 36.4 Å². The molecule has 0 fully saturated rings. The van der Waals surface area contributed by atoms with Crippen LogP contribution in [0.5, 0.6) is 5.75 Å². The van der Waals surface area contributed by atoms with E-state index in [0.29, 0.717) is 11.4 Å². The highest BCUT2D eigenvalue weighted by atomic mass is 19.1. The predicted molar refractivity (Wildman–Crippen MR) is 76.5 cm³/mol. The zero-order valence-corrected chi connectivity index (χ0v) is 11.3. The standard InChI is InChI=1S/C15H14F2N2O2/c1-21-12-6-7-13(17)14(8-12)18-9-15(20)19-11-4-2-10(16)3-5-11/h2-8,18H,9H2,1H3,(H,19,20). The first-order chi connectivity index (χ1) is 10.1. The summed E-state index contributed by atoms with van der Waals surface area (Å²) < 4.78 is 31.2. The molecule has 2 N–H and O–H groups in total. The molecular formula is C15H14F2N2O2. The van der Waals surface area contributed by atoms with Gasteiger partial charge in [0.15, 0.2) is 0 Å². The molecule has 0 bridgehead atoms. The largest absolute Gasteiger partial charge is 0.497 e. The summed E-state index contributed by atoms with van der Waals surface area (Å²) in [5.74, 6) is -0.753. The van der Waals surface area contributed by atoms with Crippen LogP contribution in [0.2, 0.25) is 0 Å². The third-order valence-electron chi connectivity index (χ3n) is 2.74. The van der Waals surface area contributed by atoms with Gasteiger partial charge in [-0.15, -0.1) is 0 Å². The van der Waals surface area contributed by atoms with Gasteiger partial charge in [-0.1, -0.05) is 0 Å². The van der Waals surface area contributed by atoms with Crippen molar-refractivity contribution in [2.45, 2.75) is 0 Å². The second kappa shape index (κ2) is 6.69. The number of methoxy groups -OCH3 is 1. The highest BCUT2D eigenvalue weighted by Gasteiger charge is 2.07. The van der Waals surface area contributed by atoms with E-state index in [1.54, 1.807) is 0 Å². The van der Waals surface area contributed by atoms with Crippen LogP contribution in [0.1, 0.15) is 0 Å². The number of benzene rings is 2. The minimum absolute atomic E-state index is 0.124. The summed E-state index contributed by atoms with van der Waals surface area (Å²) in [5, 5.41) is 5.24. The maximum Gasteiger partial charge on any atom is 0.243 e. The number of halogens is 2. The van der Waals surface area contributed by atoms with Crippen LogP contribution in [-0.2, 0) is 4.79 Å². The van der Waals surface area contributed by atoms with E-state index in [4.69, 9.17) is 4.74 Å². The molecule has 21 heavy (non-hydrogen) atoms. The first-order valence-corrected chi connectivity index (χ1v) is 6.21. The minimum Gasteiger partial charge on any atom is -0.497 e. The Morgan fingerprint density at radius 1 is 1.14 bits per heavy atom. The Bertz CT molecular complexity index is 630. The molecule has 0 aromatic heterocycles. The Hall–Kier alpha value is -2.63. The average Bonchev–Trinajstić information content (AvgIpc) is 2.49. The summed E-state index contributed by atoms with van der Waals surface area (Å²) in [5.41, 5.74) is 0.637. The molecule has 0 spiro atoms. The lowest BCUT2D eigenvalue weighted by Gasteiger charge is -2.10. The number of carbonyl (C=O) groups is 1. The molecule has 6 heteroatoms. The monoisotopic (exact) mass is 292 g/mol. The second-order valence-electron chi connectivity index (χ2n) is 4.25. The van der Waals surface area contributed by atoms with E-state index in [9.17, 15) is 13.6 Å². The van der Waals surface area contributed by atoms with Crippen LogP contribution in [0.25, 0.3) is 0 Å². The number of nitrogens with one attached hydrogen (secondary N) is 2. The number of rotatable bonds is 5. The Morgan fingerprint density at radius 3 is 2.52 bits per heavy atom. The number of hydrogen-bond donors (Lipinski definition) is 2. The third-order valence-corrected chi connectivity index (χ3v) is 2.74. The van der Waals surface area contributed by atoms with E-state index in [2.05, 4.69) is 10.6 Å². The quantitative estimate of drug-likeness (QED) is 0.890. The van der Waals surface area contributed by atoms with E-state index in [0.717, 1.165) is 0 Å². The van der Waals surface area contributed by atoms with Crippen molar-refractivity contribution in [3.05, 3.63) is 54.1 Å². The van der Waals surface area contributed by atoms with Gasteiger partial charge in [0, 0.05) is 11.8 Å². The molecule has 110 valence electrons. The molecule has 0 heterocycles. The average molecular weight is 292 g/mol. The van der Waals surface area contributed by atoms with Crippen LogP contribution in [0.15, 0.2) is 42.5 Å². The van der Waals surface area contributed by atoms with Crippen molar-refractivity contribution in [2.75, 3.05) is 24.3 Å². The van der Waals surface area contributed by atoms with Gasteiger partial charge in [-0.3, -0.25) is 4.79 Å². The molecule has 0 radical (unpaired) electrons. The Balaban J connectivity index is 1.93. The highest BCUT2D eigenvalue weighted by Crippen LogP contribution is 2.20. The normalized spacial score (nSPS) is 10.0. The van der Waals surface area contributed by atoms with Crippen LogP contribution >= 0.6 is 0 Å². The fourth-order valence-corrected chi connectivity index (χ4v) is 1.68. The molecule has 2 aromatic rings. The van der Waals surface area contributed by atoms with Crippen molar-refractivity contribution in [3.8, 4) is 5.75 Å². The van der Waals surface area contributed by atoms with Crippen molar-refractivity contribution in [3.63, 3.8) is 0 Å². The molecule has 2 rings (SSSR count). The van der Waals surface area contributed by atoms with Crippen molar-refractivity contribution in [1.82, 2.24) is 0 Å². The van der Waals surface area contributed by atoms with E-state index in [1.165, 1.54) is 49.6 Å². The highest BCUT2D eigenvalue weighted by molar-refractivity contribution is 5.93. The maximum absolute atomic E-state index is 13.5. The third kappa shape index (κ3) is 4.17. The molecule has 4 nitrogen and oxygen atoms in total. The lowest BCUT2D eigenvalue weighted by molar-refractivity contribution is -0.114. The number of anilines is 2. The van der Waals surface area contributed by atoms with Gasteiger partial charge in [-0.25, -0.2) is 8.78 Å². The summed E-state index contributed by atoms with van der Waals surface area (Å²) in [6.07, 6.45) is 0. The Labute approximate surface area is 120 Å². The molecule has 0 aliphatic carbocycles. The second-order valence-corrected chi connectivity index (χ2v) is 4.25. The number of hydrogen-bond acceptors (Lipinski definition) is 3. The SMILES string of the molecule is COc1ccc(F)c(NCC(=O)Nc2ccc(F)cc2)c1. The first kappa shape index (κ1) is 14.8. The minimum atomic E-state index is -0.481. The first-order valence-electron chi connectivity index (χ1n) is 6.21. The van der Waals surface area contributed by atoms with E-state index >= 15 is 0 Å². The summed E-state index contributed by atoms with van der Waals surface area (Å²) in [6.45, 7) is -0.124. The van der Waals surface area contributed by atoms with Crippen molar-refractivity contribution in [2.24, 2.45) is 0 Å². The molecule has 0 saturated carbocycles. The summed E-state index contributed by atoms with van der Waals surface area (Å²) in [6, 6.07) is 9.56.